The molecular formula is C23H27IN4O2S. The van der Waals surface area contributed by atoms with Gasteiger partial charge in [0, 0.05) is 30.1 Å². The summed E-state index contributed by atoms with van der Waals surface area (Å²) in [6.07, 6.45) is 1.73. The van der Waals surface area contributed by atoms with E-state index in [0.29, 0.717) is 25.7 Å². The van der Waals surface area contributed by atoms with E-state index in [9.17, 15) is 0 Å². The summed E-state index contributed by atoms with van der Waals surface area (Å²) in [5.74, 6) is 2.38. The van der Waals surface area contributed by atoms with Crippen molar-refractivity contribution in [2.45, 2.75) is 13.1 Å². The Morgan fingerprint density at radius 3 is 2.58 bits per heavy atom. The second-order valence-corrected chi connectivity index (χ2v) is 7.22. The van der Waals surface area contributed by atoms with Crippen molar-refractivity contribution in [1.29, 1.82) is 0 Å². The van der Waals surface area contributed by atoms with E-state index in [0.717, 1.165) is 33.3 Å². The van der Waals surface area contributed by atoms with Crippen molar-refractivity contribution >= 4 is 41.3 Å². The van der Waals surface area contributed by atoms with Gasteiger partial charge in [0.05, 0.1) is 19.3 Å². The predicted octanol–water partition coefficient (Wildman–Crippen LogP) is 4.87. The number of aliphatic imine (C=N–C) groups is 1. The van der Waals surface area contributed by atoms with Gasteiger partial charge in [-0.2, -0.15) is 0 Å². The van der Waals surface area contributed by atoms with Crippen LogP contribution in [0.25, 0.3) is 10.6 Å². The summed E-state index contributed by atoms with van der Waals surface area (Å²) in [7, 11) is 3.41. The lowest BCUT2D eigenvalue weighted by Crippen LogP contribution is -2.36. The highest BCUT2D eigenvalue weighted by Gasteiger charge is 2.07. The fourth-order valence-corrected chi connectivity index (χ4v) is 3.59. The molecule has 2 N–H and O–H groups in total. The first-order valence-corrected chi connectivity index (χ1v) is 10.5. The monoisotopic (exact) mass is 550 g/mol. The SMILES string of the molecule is C=CCOc1ccccc1CNC(=NC)NCc1csc(-c2ccc(OC)cc2)n1.I. The molecule has 0 radical (unpaired) electrons. The molecule has 0 saturated carbocycles. The molecule has 0 bridgehead atoms. The van der Waals surface area contributed by atoms with Crippen LogP contribution in [0.3, 0.4) is 0 Å². The summed E-state index contributed by atoms with van der Waals surface area (Å²) in [5, 5.41) is 9.66. The highest BCUT2D eigenvalue weighted by atomic mass is 127. The topological polar surface area (TPSA) is 67.8 Å². The number of aromatic nitrogens is 1. The van der Waals surface area contributed by atoms with Gasteiger partial charge in [-0.05, 0) is 30.3 Å². The summed E-state index contributed by atoms with van der Waals surface area (Å²) >= 11 is 1.62. The number of guanidine groups is 1. The van der Waals surface area contributed by atoms with Crippen molar-refractivity contribution in [2.75, 3.05) is 20.8 Å². The van der Waals surface area contributed by atoms with Gasteiger partial charge >= 0.3 is 0 Å². The van der Waals surface area contributed by atoms with E-state index in [1.165, 1.54) is 0 Å². The third-order valence-corrected chi connectivity index (χ3v) is 5.27. The van der Waals surface area contributed by atoms with E-state index in [-0.39, 0.29) is 24.0 Å². The van der Waals surface area contributed by atoms with E-state index in [4.69, 9.17) is 14.5 Å². The zero-order valence-electron chi connectivity index (χ0n) is 17.6. The zero-order chi connectivity index (χ0) is 21.2. The second kappa shape index (κ2) is 13.0. The Morgan fingerprint density at radius 2 is 1.87 bits per heavy atom. The van der Waals surface area contributed by atoms with Crippen molar-refractivity contribution in [1.82, 2.24) is 15.6 Å². The number of methoxy groups -OCH3 is 1. The molecule has 0 fully saturated rings. The van der Waals surface area contributed by atoms with Crippen LogP contribution in [0.5, 0.6) is 11.5 Å². The Balaban J connectivity index is 0.00000341. The molecule has 0 aliphatic heterocycles. The minimum atomic E-state index is 0. The molecule has 3 rings (SSSR count). The van der Waals surface area contributed by atoms with Crippen LogP contribution in [0.15, 0.2) is 71.6 Å². The molecule has 6 nitrogen and oxygen atoms in total. The van der Waals surface area contributed by atoms with E-state index in [1.54, 1.807) is 31.6 Å². The summed E-state index contributed by atoms with van der Waals surface area (Å²) < 4.78 is 10.9. The first-order valence-electron chi connectivity index (χ1n) is 9.58. The quantitative estimate of drug-likeness (QED) is 0.172. The van der Waals surface area contributed by atoms with Gasteiger partial charge in [0.2, 0.25) is 0 Å². The Labute approximate surface area is 204 Å². The molecule has 0 saturated heterocycles. The average molecular weight is 550 g/mol. The number of ether oxygens (including phenoxy) is 2. The number of rotatable bonds is 9. The van der Waals surface area contributed by atoms with Crippen LogP contribution in [0, 0.1) is 0 Å². The zero-order valence-corrected chi connectivity index (χ0v) is 20.8. The molecule has 0 atom stereocenters. The first-order chi connectivity index (χ1) is 14.7. The average Bonchev–Trinajstić information content (AvgIpc) is 3.27. The number of benzene rings is 2. The van der Waals surface area contributed by atoms with Crippen molar-refractivity contribution in [3.8, 4) is 22.1 Å². The van der Waals surface area contributed by atoms with Gasteiger partial charge in [-0.25, -0.2) is 4.98 Å². The maximum atomic E-state index is 5.71. The minimum Gasteiger partial charge on any atom is -0.497 e. The van der Waals surface area contributed by atoms with Crippen LogP contribution in [-0.4, -0.2) is 31.7 Å². The summed E-state index contributed by atoms with van der Waals surface area (Å²) in [6, 6.07) is 15.8. The van der Waals surface area contributed by atoms with Gasteiger partial charge in [0.1, 0.15) is 23.1 Å². The number of halogens is 1. The second-order valence-electron chi connectivity index (χ2n) is 6.36. The molecule has 1 aromatic heterocycles. The first kappa shape index (κ1) is 24.7. The molecule has 0 aliphatic rings. The molecule has 8 heteroatoms. The Hall–Kier alpha value is -2.59. The predicted molar refractivity (Wildman–Crippen MR) is 139 cm³/mol. The highest BCUT2D eigenvalue weighted by Crippen LogP contribution is 2.25. The van der Waals surface area contributed by atoms with Crippen LogP contribution < -0.4 is 20.1 Å². The summed E-state index contributed by atoms with van der Waals surface area (Å²) in [5.41, 5.74) is 3.09. The third-order valence-electron chi connectivity index (χ3n) is 4.32. The highest BCUT2D eigenvalue weighted by molar-refractivity contribution is 14.0. The van der Waals surface area contributed by atoms with Crippen LogP contribution in [0.1, 0.15) is 11.3 Å². The molecule has 3 aromatic rings. The molecule has 0 spiro atoms. The van der Waals surface area contributed by atoms with Gasteiger partial charge in [0.25, 0.3) is 0 Å². The van der Waals surface area contributed by atoms with Gasteiger partial charge in [0.15, 0.2) is 5.96 Å². The largest absolute Gasteiger partial charge is 0.497 e. The van der Waals surface area contributed by atoms with Gasteiger partial charge in [-0.15, -0.1) is 35.3 Å². The van der Waals surface area contributed by atoms with Crippen LogP contribution in [0.4, 0.5) is 0 Å². The molecule has 2 aromatic carbocycles. The smallest absolute Gasteiger partial charge is 0.191 e. The lowest BCUT2D eigenvalue weighted by molar-refractivity contribution is 0.358. The summed E-state index contributed by atoms with van der Waals surface area (Å²) in [4.78, 5) is 9.00. The molecule has 164 valence electrons. The minimum absolute atomic E-state index is 0. The van der Waals surface area contributed by atoms with Crippen molar-refractivity contribution < 1.29 is 9.47 Å². The molecular weight excluding hydrogens is 523 g/mol. The van der Waals surface area contributed by atoms with Crippen molar-refractivity contribution in [3.05, 3.63) is 77.8 Å². The molecule has 1 heterocycles. The number of thiazole rings is 1. The molecule has 31 heavy (non-hydrogen) atoms. The number of para-hydroxylation sites is 1. The van der Waals surface area contributed by atoms with Crippen molar-refractivity contribution in [2.24, 2.45) is 4.99 Å². The Kier molecular flexibility index (Phi) is 10.3. The van der Waals surface area contributed by atoms with Crippen LogP contribution in [-0.2, 0) is 13.1 Å². The fraction of sp³-hybridized carbons (Fsp3) is 0.217. The van der Waals surface area contributed by atoms with Gasteiger partial charge in [-0.3, -0.25) is 4.99 Å². The van der Waals surface area contributed by atoms with Gasteiger partial charge in [-0.1, -0.05) is 30.9 Å². The Bertz CT molecular complexity index is 989. The van der Waals surface area contributed by atoms with Crippen LogP contribution >= 0.6 is 35.3 Å². The summed E-state index contributed by atoms with van der Waals surface area (Å²) in [6.45, 7) is 5.35. The number of hydrogen-bond donors (Lipinski definition) is 2. The Morgan fingerprint density at radius 1 is 1.13 bits per heavy atom. The number of nitrogens with one attached hydrogen (secondary N) is 2. The van der Waals surface area contributed by atoms with E-state index in [1.807, 2.05) is 48.5 Å². The standard InChI is InChI=1S/C23H26N4O2S.HI/c1-4-13-29-21-8-6-5-7-18(21)14-25-23(24-2)26-15-19-16-30-22(27-19)17-9-11-20(28-3)12-10-17;/h4-12,16H,1,13-15H2,2-3H3,(H2,24,25,26);1H. The number of nitrogens with zero attached hydrogens (tertiary/aromatic N) is 2. The van der Waals surface area contributed by atoms with Crippen molar-refractivity contribution in [3.63, 3.8) is 0 Å². The lowest BCUT2D eigenvalue weighted by atomic mass is 10.2. The normalized spacial score (nSPS) is 10.7. The maximum absolute atomic E-state index is 5.71. The number of hydrogen-bond acceptors (Lipinski definition) is 5. The molecule has 0 unspecified atom stereocenters. The molecule has 0 amide bonds. The van der Waals surface area contributed by atoms with Gasteiger partial charge < -0.3 is 20.1 Å². The lowest BCUT2D eigenvalue weighted by Gasteiger charge is -2.14. The maximum Gasteiger partial charge on any atom is 0.191 e. The van der Waals surface area contributed by atoms with E-state index in [2.05, 4.69) is 27.6 Å². The van der Waals surface area contributed by atoms with E-state index < -0.39 is 0 Å². The van der Waals surface area contributed by atoms with E-state index >= 15 is 0 Å². The van der Waals surface area contributed by atoms with Crippen LogP contribution in [0.2, 0.25) is 0 Å². The fourth-order valence-electron chi connectivity index (χ4n) is 2.77. The third kappa shape index (κ3) is 7.25. The molecule has 0 aliphatic carbocycles.